The number of aliphatic hydroxyl groups excluding tert-OH is 1. The molecule has 2 heterocycles. The third-order valence-corrected chi connectivity index (χ3v) is 5.55. The van der Waals surface area contributed by atoms with E-state index < -0.39 is 66.5 Å². The fraction of sp³-hybridized carbons (Fsp3) is 0.400. The monoisotopic (exact) mass is 531 g/mol. The lowest BCUT2D eigenvalue weighted by molar-refractivity contribution is -0.165. The van der Waals surface area contributed by atoms with Gasteiger partial charge in [0.1, 0.15) is 12.7 Å². The summed E-state index contributed by atoms with van der Waals surface area (Å²) in [6.07, 6.45) is -2.12. The van der Waals surface area contributed by atoms with Crippen LogP contribution in [0, 0.1) is 6.92 Å². The van der Waals surface area contributed by atoms with Crippen LogP contribution in [0.15, 0.2) is 58.3 Å². The number of hydrogen-bond acceptors (Lipinski definition) is 10. The number of aromatic nitrogens is 2. The predicted molar refractivity (Wildman–Crippen MR) is 131 cm³/mol. The number of aryl methyl sites for hydroxylation is 1. The number of carbonyl (C=O) groups is 3. The van der Waals surface area contributed by atoms with E-state index in [9.17, 15) is 29.1 Å². The summed E-state index contributed by atoms with van der Waals surface area (Å²) in [7, 11) is 0. The zero-order valence-corrected chi connectivity index (χ0v) is 21.0. The number of esters is 2. The first-order chi connectivity index (χ1) is 18.1. The van der Waals surface area contributed by atoms with Crippen LogP contribution in [0.5, 0.6) is 0 Å². The van der Waals surface area contributed by atoms with Gasteiger partial charge >= 0.3 is 23.7 Å². The van der Waals surface area contributed by atoms with Gasteiger partial charge in [-0.1, -0.05) is 42.5 Å². The van der Waals surface area contributed by atoms with Gasteiger partial charge in [-0.25, -0.2) is 9.59 Å². The summed E-state index contributed by atoms with van der Waals surface area (Å²) >= 11 is 0. The van der Waals surface area contributed by atoms with Gasteiger partial charge in [0, 0.05) is 25.6 Å². The molecule has 0 aliphatic carbocycles. The highest BCUT2D eigenvalue weighted by molar-refractivity contribution is 5.69. The molecule has 0 spiro atoms. The summed E-state index contributed by atoms with van der Waals surface area (Å²) in [5.74, 6) is -1.50. The van der Waals surface area contributed by atoms with Crippen molar-refractivity contribution in [2.75, 3.05) is 6.61 Å². The number of benzene rings is 1. The number of aromatic amines is 1. The van der Waals surface area contributed by atoms with Crippen molar-refractivity contribution in [2.45, 2.75) is 58.0 Å². The van der Waals surface area contributed by atoms with Crippen LogP contribution in [-0.4, -0.2) is 63.7 Å². The molecule has 0 saturated carbocycles. The lowest BCUT2D eigenvalue weighted by atomic mass is 10.0. The number of H-pyrrole nitrogens is 1. The van der Waals surface area contributed by atoms with E-state index in [1.165, 1.54) is 25.3 Å². The molecule has 1 aromatic heterocycles. The molecule has 204 valence electrons. The zero-order valence-electron chi connectivity index (χ0n) is 21.0. The van der Waals surface area contributed by atoms with Crippen molar-refractivity contribution in [2.24, 2.45) is 0 Å². The molecule has 0 unspecified atom stereocenters. The molecule has 38 heavy (non-hydrogen) atoms. The fourth-order valence-electron chi connectivity index (χ4n) is 3.94. The first kappa shape index (κ1) is 28.3. The number of nitrogens with one attached hydrogen (secondary N) is 2. The Hall–Kier alpha value is -4.23. The number of nitrogens with zero attached hydrogens (tertiary/aromatic N) is 1. The van der Waals surface area contributed by atoms with Crippen LogP contribution in [0.3, 0.4) is 0 Å². The molecule has 1 fully saturated rings. The van der Waals surface area contributed by atoms with Crippen LogP contribution in [0.1, 0.15) is 31.2 Å². The van der Waals surface area contributed by atoms with E-state index in [2.05, 4.69) is 10.3 Å². The van der Waals surface area contributed by atoms with Crippen LogP contribution < -0.4 is 16.6 Å². The maximum Gasteiger partial charge on any atom is 0.408 e. The normalized spacial score (nSPS) is 21.6. The van der Waals surface area contributed by atoms with Gasteiger partial charge in [-0.2, -0.15) is 0 Å². The maximum absolute atomic E-state index is 12.6. The second-order valence-electron chi connectivity index (χ2n) is 8.46. The number of aliphatic hydroxyl groups is 1. The molecule has 13 heteroatoms. The van der Waals surface area contributed by atoms with Gasteiger partial charge in [0.05, 0.1) is 12.6 Å². The summed E-state index contributed by atoms with van der Waals surface area (Å²) < 4.78 is 23.2. The Morgan fingerprint density at radius 1 is 1.13 bits per heavy atom. The van der Waals surface area contributed by atoms with Crippen molar-refractivity contribution < 1.29 is 38.4 Å². The predicted octanol–water partition coefficient (Wildman–Crippen LogP) is 0.449. The molecular weight excluding hydrogens is 502 g/mol. The Morgan fingerprint density at radius 3 is 2.42 bits per heavy atom. The minimum atomic E-state index is -1.34. The molecular formula is C25H29N3O10. The van der Waals surface area contributed by atoms with Gasteiger partial charge in [0.25, 0.3) is 5.56 Å². The van der Waals surface area contributed by atoms with E-state index in [-0.39, 0.29) is 12.2 Å². The molecule has 1 saturated heterocycles. The lowest BCUT2D eigenvalue weighted by Gasteiger charge is -2.27. The average molecular weight is 532 g/mol. The molecule has 1 aliphatic rings. The standard InChI is InChI=1S/C25H29N3O10/c1-14-12-28(24(33)27-22(14)32)23-21(37-16(3)31)20(36-15(2)30)19(38-23)18(10-7-11-29)26-25(34)35-13-17-8-5-4-6-9-17/h4-10,12,18-21,23,29H,11,13H2,1-3H3,(H,26,34)(H,27,32,33)/b10-7+/t18-,19+,20-,21-,23-/m1/s1. The SMILES string of the molecule is CC(=O)O[C@H]1[C@@H](OC(C)=O)[C@H](n2cc(C)c(=O)[nH]c2=O)O[C@H]1[C@@H](/C=C/CO)NC(=O)OCc1ccccc1. The van der Waals surface area contributed by atoms with Crippen LogP contribution in [0.4, 0.5) is 4.79 Å². The number of hydrogen-bond donors (Lipinski definition) is 3. The number of carbonyl (C=O) groups excluding carboxylic acids is 3. The summed E-state index contributed by atoms with van der Waals surface area (Å²) in [6, 6.07) is 7.86. The third kappa shape index (κ3) is 7.17. The van der Waals surface area contributed by atoms with Crippen molar-refractivity contribution in [1.82, 2.24) is 14.9 Å². The van der Waals surface area contributed by atoms with E-state index in [0.717, 1.165) is 24.0 Å². The largest absolute Gasteiger partial charge is 0.456 e. The minimum Gasteiger partial charge on any atom is -0.456 e. The summed E-state index contributed by atoms with van der Waals surface area (Å²) in [6.45, 7) is 3.29. The highest BCUT2D eigenvalue weighted by atomic mass is 16.6. The first-order valence-corrected chi connectivity index (χ1v) is 11.7. The van der Waals surface area contributed by atoms with Crippen molar-refractivity contribution in [3.05, 3.63) is 80.6 Å². The molecule has 2 aromatic rings. The Balaban J connectivity index is 1.96. The van der Waals surface area contributed by atoms with Crippen molar-refractivity contribution in [3.63, 3.8) is 0 Å². The molecule has 1 amide bonds. The maximum atomic E-state index is 12.6. The first-order valence-electron chi connectivity index (χ1n) is 11.7. The summed E-state index contributed by atoms with van der Waals surface area (Å²) in [5, 5.41) is 11.9. The van der Waals surface area contributed by atoms with Crippen molar-refractivity contribution >= 4 is 18.0 Å². The Bertz CT molecular complexity index is 1290. The Morgan fingerprint density at radius 2 is 1.79 bits per heavy atom. The molecule has 0 bridgehead atoms. The van der Waals surface area contributed by atoms with E-state index in [4.69, 9.17) is 18.9 Å². The topological polar surface area (TPSA) is 175 Å². The number of ether oxygens (including phenoxy) is 4. The van der Waals surface area contributed by atoms with E-state index in [1.54, 1.807) is 24.3 Å². The number of rotatable bonds is 9. The van der Waals surface area contributed by atoms with Crippen LogP contribution in [-0.2, 0) is 35.1 Å². The van der Waals surface area contributed by atoms with Crippen molar-refractivity contribution in [1.29, 1.82) is 0 Å². The van der Waals surface area contributed by atoms with Gasteiger partial charge in [0.15, 0.2) is 18.4 Å². The van der Waals surface area contributed by atoms with Crippen LogP contribution in [0.2, 0.25) is 0 Å². The second-order valence-corrected chi connectivity index (χ2v) is 8.46. The lowest BCUT2D eigenvalue weighted by Crippen LogP contribution is -2.49. The van der Waals surface area contributed by atoms with Gasteiger partial charge in [-0.05, 0) is 12.5 Å². The third-order valence-electron chi connectivity index (χ3n) is 5.55. The molecule has 0 radical (unpaired) electrons. The minimum absolute atomic E-state index is 0.0350. The van der Waals surface area contributed by atoms with Gasteiger partial charge in [0.2, 0.25) is 0 Å². The Labute approximate surface area is 217 Å². The molecule has 5 atom stereocenters. The van der Waals surface area contributed by atoms with E-state index >= 15 is 0 Å². The molecule has 3 rings (SSSR count). The van der Waals surface area contributed by atoms with Gasteiger partial charge < -0.3 is 29.4 Å². The molecule has 1 aliphatic heterocycles. The van der Waals surface area contributed by atoms with E-state index in [1.807, 2.05) is 6.07 Å². The Kier molecular flexibility index (Phi) is 9.57. The second kappa shape index (κ2) is 12.8. The molecule has 3 N–H and O–H groups in total. The highest BCUT2D eigenvalue weighted by Gasteiger charge is 2.53. The zero-order chi connectivity index (χ0) is 27.8. The van der Waals surface area contributed by atoms with Gasteiger partial charge in [-0.3, -0.25) is 23.9 Å². The molecule has 13 nitrogen and oxygen atoms in total. The smallest absolute Gasteiger partial charge is 0.408 e. The van der Waals surface area contributed by atoms with E-state index in [0.29, 0.717) is 0 Å². The fourth-order valence-corrected chi connectivity index (χ4v) is 3.94. The quantitative estimate of drug-likeness (QED) is 0.234. The number of amides is 1. The molecule has 1 aromatic carbocycles. The number of alkyl carbamates (subject to hydrolysis) is 1. The average Bonchev–Trinajstić information content (AvgIpc) is 3.19. The van der Waals surface area contributed by atoms with Crippen molar-refractivity contribution in [3.8, 4) is 0 Å². The summed E-state index contributed by atoms with van der Waals surface area (Å²) in [4.78, 5) is 63.3. The van der Waals surface area contributed by atoms with Crippen LogP contribution >= 0.6 is 0 Å². The highest BCUT2D eigenvalue weighted by Crippen LogP contribution is 2.35. The summed E-state index contributed by atoms with van der Waals surface area (Å²) in [5.41, 5.74) is -0.569. The van der Waals surface area contributed by atoms with Crippen LogP contribution in [0.25, 0.3) is 0 Å². The van der Waals surface area contributed by atoms with Gasteiger partial charge in [-0.15, -0.1) is 0 Å².